The highest BCUT2D eigenvalue weighted by Gasteiger charge is 2.18. The van der Waals surface area contributed by atoms with Crippen LogP contribution in [0.3, 0.4) is 0 Å². The van der Waals surface area contributed by atoms with Crippen molar-refractivity contribution >= 4 is 11.9 Å². The maximum Gasteiger partial charge on any atom is 0.305 e. The number of aliphatic hydroxyl groups is 2. The fourth-order valence-electron chi connectivity index (χ4n) is 9.64. The summed E-state index contributed by atoms with van der Waals surface area (Å²) in [6.07, 6.45) is 68.3. The number of hydrogen-bond acceptors (Lipinski definition) is 5. The van der Waals surface area contributed by atoms with Crippen molar-refractivity contribution in [2.24, 2.45) is 0 Å². The van der Waals surface area contributed by atoms with E-state index in [4.69, 9.17) is 4.74 Å². The molecule has 0 aromatic carbocycles. The molecule has 6 nitrogen and oxygen atoms in total. The molecule has 0 rings (SSSR count). The molecule has 67 heavy (non-hydrogen) atoms. The Morgan fingerprint density at radius 2 is 0.687 bits per heavy atom. The maximum atomic E-state index is 12.4. The fourth-order valence-corrected chi connectivity index (χ4v) is 9.64. The van der Waals surface area contributed by atoms with E-state index in [2.05, 4.69) is 19.2 Å². The van der Waals surface area contributed by atoms with Gasteiger partial charge >= 0.3 is 5.97 Å². The van der Waals surface area contributed by atoms with E-state index in [9.17, 15) is 19.8 Å². The number of aliphatic hydroxyl groups excluding tert-OH is 2. The topological polar surface area (TPSA) is 95.9 Å². The van der Waals surface area contributed by atoms with Crippen molar-refractivity contribution in [2.45, 2.75) is 353 Å². The first-order valence-corrected chi connectivity index (χ1v) is 30.5. The van der Waals surface area contributed by atoms with Crippen molar-refractivity contribution in [1.29, 1.82) is 0 Å². The highest BCUT2D eigenvalue weighted by Crippen LogP contribution is 2.18. The van der Waals surface area contributed by atoms with Crippen LogP contribution in [-0.2, 0) is 14.3 Å². The Morgan fingerprint density at radius 1 is 0.403 bits per heavy atom. The summed E-state index contributed by atoms with van der Waals surface area (Å²) in [6, 6.07) is -0.624. The van der Waals surface area contributed by atoms with E-state index in [0.29, 0.717) is 19.4 Å². The number of amides is 1. The van der Waals surface area contributed by atoms with E-state index in [0.717, 1.165) is 38.5 Å². The third kappa shape index (κ3) is 53.8. The first kappa shape index (κ1) is 65.6. The molecule has 2 unspecified atom stereocenters. The van der Waals surface area contributed by atoms with Crippen LogP contribution in [0.15, 0.2) is 12.2 Å². The van der Waals surface area contributed by atoms with Gasteiger partial charge in [-0.1, -0.05) is 309 Å². The summed E-state index contributed by atoms with van der Waals surface area (Å²) >= 11 is 0. The Hall–Kier alpha value is -1.40. The van der Waals surface area contributed by atoms with Crippen molar-refractivity contribution < 1.29 is 24.5 Å². The third-order valence-corrected chi connectivity index (χ3v) is 14.3. The number of unbranched alkanes of at least 4 members (excludes halogenated alkanes) is 46. The van der Waals surface area contributed by atoms with Crippen LogP contribution in [0.2, 0.25) is 0 Å². The highest BCUT2D eigenvalue weighted by molar-refractivity contribution is 5.76. The third-order valence-electron chi connectivity index (χ3n) is 14.3. The summed E-state index contributed by atoms with van der Waals surface area (Å²) in [5, 5.41) is 23.0. The fraction of sp³-hybridized carbons (Fsp3) is 0.934. The second-order valence-corrected chi connectivity index (χ2v) is 21.0. The molecule has 0 aliphatic carbocycles. The lowest BCUT2D eigenvalue weighted by molar-refractivity contribution is -0.143. The number of rotatable bonds is 57. The van der Waals surface area contributed by atoms with Crippen molar-refractivity contribution in [3.63, 3.8) is 0 Å². The van der Waals surface area contributed by atoms with Gasteiger partial charge in [-0.3, -0.25) is 9.59 Å². The van der Waals surface area contributed by atoms with Gasteiger partial charge in [0, 0.05) is 12.8 Å². The smallest absolute Gasteiger partial charge is 0.305 e. The predicted molar refractivity (Wildman–Crippen MR) is 292 cm³/mol. The van der Waals surface area contributed by atoms with Crippen LogP contribution >= 0.6 is 0 Å². The van der Waals surface area contributed by atoms with Crippen molar-refractivity contribution in [3.05, 3.63) is 12.2 Å². The number of allylic oxidation sites excluding steroid dienone is 1. The molecule has 6 heteroatoms. The molecule has 0 saturated carbocycles. The zero-order valence-electron chi connectivity index (χ0n) is 45.4. The van der Waals surface area contributed by atoms with Gasteiger partial charge in [-0.25, -0.2) is 0 Å². The van der Waals surface area contributed by atoms with Crippen LogP contribution in [-0.4, -0.2) is 47.4 Å². The summed E-state index contributed by atoms with van der Waals surface area (Å²) < 4.78 is 5.49. The minimum atomic E-state index is -0.841. The Bertz CT molecular complexity index is 1000. The highest BCUT2D eigenvalue weighted by atomic mass is 16.5. The van der Waals surface area contributed by atoms with Crippen LogP contribution < -0.4 is 5.32 Å². The Balaban J connectivity index is 3.34. The molecule has 0 aliphatic heterocycles. The van der Waals surface area contributed by atoms with Gasteiger partial charge in [-0.15, -0.1) is 0 Å². The Kier molecular flexibility index (Phi) is 56.0. The number of hydrogen-bond donors (Lipinski definition) is 3. The summed E-state index contributed by atoms with van der Waals surface area (Å²) in [5.74, 6) is -0.0484. The minimum absolute atomic E-state index is 0.0183. The van der Waals surface area contributed by atoms with E-state index >= 15 is 0 Å². The average molecular weight is 947 g/mol. The molecule has 0 saturated heterocycles. The molecular formula is C61H119NO5. The van der Waals surface area contributed by atoms with Crippen LogP contribution in [0.25, 0.3) is 0 Å². The largest absolute Gasteiger partial charge is 0.466 e. The first-order chi connectivity index (χ1) is 33.0. The molecule has 0 radical (unpaired) electrons. The van der Waals surface area contributed by atoms with Gasteiger partial charge in [0.05, 0.1) is 25.4 Å². The van der Waals surface area contributed by atoms with Crippen molar-refractivity contribution in [3.8, 4) is 0 Å². The normalized spacial score (nSPS) is 12.6. The lowest BCUT2D eigenvalue weighted by atomic mass is 10.0. The Labute approximate surface area is 419 Å². The molecule has 398 valence electrons. The summed E-state index contributed by atoms with van der Waals surface area (Å²) in [7, 11) is 0. The molecule has 0 aromatic rings. The molecule has 0 aromatic heterocycles. The van der Waals surface area contributed by atoms with E-state index in [-0.39, 0.29) is 18.5 Å². The van der Waals surface area contributed by atoms with Crippen LogP contribution in [0, 0.1) is 0 Å². The molecule has 1 amide bonds. The molecule has 0 fully saturated rings. The summed E-state index contributed by atoms with van der Waals surface area (Å²) in [6.45, 7) is 4.91. The average Bonchev–Trinajstić information content (AvgIpc) is 3.33. The summed E-state index contributed by atoms with van der Waals surface area (Å²) in [4.78, 5) is 24.5. The standard InChI is InChI=1S/C61H119NO5/c1-3-5-7-9-11-13-15-16-27-31-35-39-43-47-51-55-61(66)67-56-52-48-44-40-36-32-29-26-24-22-20-18-17-19-21-23-25-28-30-34-38-42-46-50-54-60(65)62-58(57-63)59(64)53-49-45-41-37-33-14-12-10-8-6-4-2/h49,53,58-59,63-64H,3-48,50-52,54-57H2,1-2H3,(H,62,65)/b53-49+. The molecule has 3 N–H and O–H groups in total. The monoisotopic (exact) mass is 946 g/mol. The summed E-state index contributed by atoms with van der Waals surface area (Å²) in [5.41, 5.74) is 0. The number of carbonyl (C=O) groups is 2. The van der Waals surface area contributed by atoms with E-state index in [1.165, 1.54) is 276 Å². The van der Waals surface area contributed by atoms with E-state index in [1.807, 2.05) is 6.08 Å². The Morgan fingerprint density at radius 3 is 1.01 bits per heavy atom. The molecule has 0 heterocycles. The quantitative estimate of drug-likeness (QED) is 0.0321. The predicted octanol–water partition coefficient (Wildman–Crippen LogP) is 18.9. The van der Waals surface area contributed by atoms with Gasteiger partial charge in [0.25, 0.3) is 0 Å². The van der Waals surface area contributed by atoms with E-state index < -0.39 is 12.1 Å². The van der Waals surface area contributed by atoms with Crippen molar-refractivity contribution in [1.82, 2.24) is 5.32 Å². The minimum Gasteiger partial charge on any atom is -0.466 e. The molecule has 0 bridgehead atoms. The molecule has 0 aliphatic rings. The SMILES string of the molecule is CCCCCCCCCCC/C=C/C(O)C(CO)NC(=O)CCCCCCCCCCCCCCCCCCCCCCCCCCOC(=O)CCCCCCCCCCCCCCCCC. The molecule has 0 spiro atoms. The van der Waals surface area contributed by atoms with Gasteiger partial charge in [0.15, 0.2) is 0 Å². The number of carbonyl (C=O) groups excluding carboxylic acids is 2. The van der Waals surface area contributed by atoms with Crippen LogP contribution in [0.1, 0.15) is 341 Å². The second kappa shape index (κ2) is 57.2. The van der Waals surface area contributed by atoms with E-state index in [1.54, 1.807) is 6.08 Å². The van der Waals surface area contributed by atoms with Crippen LogP contribution in [0.4, 0.5) is 0 Å². The number of nitrogens with one attached hydrogen (secondary N) is 1. The zero-order valence-corrected chi connectivity index (χ0v) is 45.4. The number of esters is 1. The zero-order chi connectivity index (χ0) is 48.6. The molecular weight excluding hydrogens is 827 g/mol. The maximum absolute atomic E-state index is 12.4. The van der Waals surface area contributed by atoms with Gasteiger partial charge < -0.3 is 20.3 Å². The first-order valence-electron chi connectivity index (χ1n) is 30.5. The van der Waals surface area contributed by atoms with Gasteiger partial charge in [0.2, 0.25) is 5.91 Å². The van der Waals surface area contributed by atoms with Gasteiger partial charge in [-0.05, 0) is 32.1 Å². The number of ether oxygens (including phenoxy) is 1. The van der Waals surface area contributed by atoms with Gasteiger partial charge in [-0.2, -0.15) is 0 Å². The lowest BCUT2D eigenvalue weighted by Gasteiger charge is -2.20. The lowest BCUT2D eigenvalue weighted by Crippen LogP contribution is -2.45. The second-order valence-electron chi connectivity index (χ2n) is 21.0. The molecule has 2 atom stereocenters. The van der Waals surface area contributed by atoms with Crippen LogP contribution in [0.5, 0.6) is 0 Å². The van der Waals surface area contributed by atoms with Gasteiger partial charge in [0.1, 0.15) is 0 Å². The van der Waals surface area contributed by atoms with Crippen molar-refractivity contribution in [2.75, 3.05) is 13.2 Å².